The van der Waals surface area contributed by atoms with Gasteiger partial charge in [-0.05, 0) is 32.0 Å². The van der Waals surface area contributed by atoms with Crippen molar-refractivity contribution < 1.29 is 27.5 Å². The van der Waals surface area contributed by atoms with Crippen LogP contribution in [0.5, 0.6) is 0 Å². The summed E-state index contributed by atoms with van der Waals surface area (Å²) in [5.41, 5.74) is 0.0825. The lowest BCUT2D eigenvalue weighted by molar-refractivity contribution is -0.137. The number of hydrogen-bond acceptors (Lipinski definition) is 5. The molecule has 2 amide bonds. The fraction of sp³-hybridized carbons (Fsp3) is 0.238. The summed E-state index contributed by atoms with van der Waals surface area (Å²) in [6, 6.07) is 2.27. The molecule has 0 unspecified atom stereocenters. The molecule has 0 saturated heterocycles. The highest BCUT2D eigenvalue weighted by Gasteiger charge is 2.33. The van der Waals surface area contributed by atoms with Gasteiger partial charge in [-0.15, -0.1) is 0 Å². The summed E-state index contributed by atoms with van der Waals surface area (Å²) in [7, 11) is 0. The number of halogens is 4. The molecule has 168 valence electrons. The molecule has 1 aromatic carbocycles. The molecule has 32 heavy (non-hydrogen) atoms. The first-order valence-electron chi connectivity index (χ1n) is 9.45. The summed E-state index contributed by atoms with van der Waals surface area (Å²) in [6.45, 7) is 3.77. The number of amides is 2. The maximum Gasteiger partial charge on any atom is 0.417 e. The van der Waals surface area contributed by atoms with Gasteiger partial charge in [-0.1, -0.05) is 17.7 Å². The Balaban J connectivity index is 1.75. The van der Waals surface area contributed by atoms with Gasteiger partial charge >= 0.3 is 12.2 Å². The molecule has 0 saturated carbocycles. The highest BCUT2D eigenvalue weighted by molar-refractivity contribution is 6.31. The zero-order valence-corrected chi connectivity index (χ0v) is 17.8. The van der Waals surface area contributed by atoms with Gasteiger partial charge in [-0.3, -0.25) is 4.79 Å². The number of hydrogen-bond donors (Lipinski definition) is 2. The summed E-state index contributed by atoms with van der Waals surface area (Å²) < 4.78 is 44.5. The van der Waals surface area contributed by atoms with Crippen LogP contribution in [0.4, 0.5) is 29.3 Å². The number of aromatic nitrogens is 2. The van der Waals surface area contributed by atoms with Gasteiger partial charge in [0.1, 0.15) is 5.76 Å². The van der Waals surface area contributed by atoms with Crippen molar-refractivity contribution in [1.29, 1.82) is 0 Å². The monoisotopic (exact) mass is 466 g/mol. The number of alkyl halides is 3. The minimum Gasteiger partial charge on any atom is -0.493 e. The van der Waals surface area contributed by atoms with Crippen molar-refractivity contribution in [1.82, 2.24) is 9.97 Å². The number of carbonyl (C=O) groups is 2. The van der Waals surface area contributed by atoms with Crippen LogP contribution in [0.15, 0.2) is 42.3 Å². The first-order chi connectivity index (χ1) is 15.1. The van der Waals surface area contributed by atoms with E-state index in [4.69, 9.17) is 16.3 Å². The molecule has 0 radical (unpaired) electrons. The molecule has 0 aliphatic heterocycles. The van der Waals surface area contributed by atoms with E-state index in [1.165, 1.54) is 18.3 Å². The Bertz CT molecular complexity index is 1130. The van der Waals surface area contributed by atoms with Crippen LogP contribution in [-0.4, -0.2) is 28.4 Å². The number of anilines is 2. The number of allylic oxidation sites excluding steroid dienone is 3. The largest absolute Gasteiger partial charge is 0.493 e. The predicted molar refractivity (Wildman–Crippen MR) is 113 cm³/mol. The lowest BCUT2D eigenvalue weighted by Crippen LogP contribution is -2.21. The van der Waals surface area contributed by atoms with Gasteiger partial charge in [0.2, 0.25) is 0 Å². The Hall–Kier alpha value is -3.40. The second-order valence-corrected chi connectivity index (χ2v) is 7.10. The van der Waals surface area contributed by atoms with Gasteiger partial charge in [0, 0.05) is 18.2 Å². The van der Waals surface area contributed by atoms with E-state index in [0.29, 0.717) is 29.5 Å². The molecule has 1 aliphatic rings. The molecule has 0 bridgehead atoms. The molecular weight excluding hydrogens is 449 g/mol. The standard InChI is InChI=1S/C21H18ClF3N4O3/c1-3-32-18-9-13(30)5-6-14(18)19-26-10-17(11(2)27-19)29-20(31)28-12-4-7-16(22)15(8-12)21(23,24)25/h4,6-10H,3,5H2,1-2H3,(H2,28,29,31). The molecule has 2 aromatic rings. The van der Waals surface area contributed by atoms with Gasteiger partial charge in [0.25, 0.3) is 0 Å². The van der Waals surface area contributed by atoms with Crippen LogP contribution in [0.3, 0.4) is 0 Å². The quantitative estimate of drug-likeness (QED) is 0.617. The average molecular weight is 467 g/mol. The summed E-state index contributed by atoms with van der Waals surface area (Å²) >= 11 is 5.58. The maximum absolute atomic E-state index is 13.0. The minimum atomic E-state index is -4.65. The zero-order valence-electron chi connectivity index (χ0n) is 17.0. The number of ether oxygens (including phenoxy) is 1. The first kappa shape index (κ1) is 23.3. The van der Waals surface area contributed by atoms with Gasteiger partial charge in [-0.2, -0.15) is 13.2 Å². The molecule has 1 aromatic heterocycles. The molecule has 0 fully saturated rings. The molecule has 1 aliphatic carbocycles. The van der Waals surface area contributed by atoms with Crippen molar-refractivity contribution >= 4 is 40.4 Å². The second kappa shape index (κ2) is 9.39. The normalized spacial score (nSPS) is 13.9. The van der Waals surface area contributed by atoms with E-state index in [-0.39, 0.29) is 23.6 Å². The first-order valence-corrected chi connectivity index (χ1v) is 9.83. The number of nitrogens with one attached hydrogen (secondary N) is 2. The van der Waals surface area contributed by atoms with Crippen LogP contribution in [0, 0.1) is 6.92 Å². The van der Waals surface area contributed by atoms with Crippen molar-refractivity contribution in [3.05, 3.63) is 64.4 Å². The number of urea groups is 1. The lowest BCUT2D eigenvalue weighted by Gasteiger charge is -2.16. The van der Waals surface area contributed by atoms with Crippen molar-refractivity contribution in [2.75, 3.05) is 17.2 Å². The average Bonchev–Trinajstić information content (AvgIpc) is 2.70. The van der Waals surface area contributed by atoms with Crippen LogP contribution < -0.4 is 10.6 Å². The van der Waals surface area contributed by atoms with Crippen molar-refractivity contribution in [3.63, 3.8) is 0 Å². The van der Waals surface area contributed by atoms with Crippen LogP contribution in [0.2, 0.25) is 5.02 Å². The highest BCUT2D eigenvalue weighted by Crippen LogP contribution is 2.36. The molecule has 3 rings (SSSR count). The number of benzene rings is 1. The highest BCUT2D eigenvalue weighted by atomic mass is 35.5. The van der Waals surface area contributed by atoms with Crippen molar-refractivity contribution in [2.45, 2.75) is 26.4 Å². The van der Waals surface area contributed by atoms with Gasteiger partial charge < -0.3 is 15.4 Å². The van der Waals surface area contributed by atoms with E-state index in [1.807, 2.05) is 0 Å². The zero-order chi connectivity index (χ0) is 23.5. The number of carbonyl (C=O) groups excluding carboxylic acids is 2. The minimum absolute atomic E-state index is 0.0852. The Morgan fingerprint density at radius 3 is 2.69 bits per heavy atom. The summed E-state index contributed by atoms with van der Waals surface area (Å²) in [5, 5.41) is 4.35. The maximum atomic E-state index is 13.0. The molecule has 1 heterocycles. The van der Waals surface area contributed by atoms with Crippen LogP contribution in [0.25, 0.3) is 5.57 Å². The lowest BCUT2D eigenvalue weighted by atomic mass is 10.0. The Morgan fingerprint density at radius 1 is 1.28 bits per heavy atom. The Kier molecular flexibility index (Phi) is 6.83. The van der Waals surface area contributed by atoms with E-state index in [9.17, 15) is 22.8 Å². The Labute approximate surface area is 186 Å². The SMILES string of the molecule is CCOC1=CC(=O)CC=C1c1ncc(NC(=O)Nc2ccc(Cl)c(C(F)(F)F)c2)c(C)n1. The summed E-state index contributed by atoms with van der Waals surface area (Å²) in [5.74, 6) is 0.581. The van der Waals surface area contributed by atoms with E-state index < -0.39 is 22.8 Å². The van der Waals surface area contributed by atoms with E-state index in [0.717, 1.165) is 12.1 Å². The van der Waals surface area contributed by atoms with Gasteiger partial charge in [-0.25, -0.2) is 14.8 Å². The smallest absolute Gasteiger partial charge is 0.417 e. The summed E-state index contributed by atoms with van der Waals surface area (Å²) in [6.07, 6.45) is -0.0450. The van der Waals surface area contributed by atoms with E-state index >= 15 is 0 Å². The van der Waals surface area contributed by atoms with Crippen LogP contribution >= 0.6 is 11.6 Å². The molecule has 7 nitrogen and oxygen atoms in total. The van der Waals surface area contributed by atoms with Crippen LogP contribution in [0.1, 0.15) is 30.4 Å². The third-order valence-electron chi connectivity index (χ3n) is 4.36. The van der Waals surface area contributed by atoms with Crippen molar-refractivity contribution in [3.8, 4) is 0 Å². The Morgan fingerprint density at radius 2 is 2.03 bits per heavy atom. The third kappa shape index (κ3) is 5.44. The van der Waals surface area contributed by atoms with E-state index in [2.05, 4.69) is 20.6 Å². The topological polar surface area (TPSA) is 93.2 Å². The molecule has 11 heteroatoms. The van der Waals surface area contributed by atoms with Crippen molar-refractivity contribution in [2.24, 2.45) is 0 Å². The third-order valence-corrected chi connectivity index (χ3v) is 4.69. The number of rotatable bonds is 5. The van der Waals surface area contributed by atoms with Crippen LogP contribution in [-0.2, 0) is 15.7 Å². The molecular formula is C21H18ClF3N4O3. The second-order valence-electron chi connectivity index (χ2n) is 6.69. The van der Waals surface area contributed by atoms with E-state index in [1.54, 1.807) is 19.9 Å². The predicted octanol–water partition coefficient (Wildman–Crippen LogP) is 5.38. The van der Waals surface area contributed by atoms with Gasteiger partial charge in [0.15, 0.2) is 11.6 Å². The fourth-order valence-corrected chi connectivity index (χ4v) is 3.11. The molecule has 0 spiro atoms. The number of ketones is 1. The van der Waals surface area contributed by atoms with Gasteiger partial charge in [0.05, 0.1) is 40.3 Å². The summed E-state index contributed by atoms with van der Waals surface area (Å²) in [4.78, 5) is 32.5. The molecule has 0 atom stereocenters. The fourth-order valence-electron chi connectivity index (χ4n) is 2.89. The number of aryl methyl sites for hydroxylation is 1. The number of nitrogens with zero attached hydrogens (tertiary/aromatic N) is 2. The molecule has 2 N–H and O–H groups in total.